The van der Waals surface area contributed by atoms with Gasteiger partial charge >= 0.3 is 0 Å². The highest BCUT2D eigenvalue weighted by Crippen LogP contribution is 2.26. The summed E-state index contributed by atoms with van der Waals surface area (Å²) in [5.41, 5.74) is 2.91. The molecule has 0 amide bonds. The van der Waals surface area contributed by atoms with Gasteiger partial charge in [-0.2, -0.15) is 0 Å². The van der Waals surface area contributed by atoms with Crippen LogP contribution >= 0.6 is 0 Å². The minimum atomic E-state index is 0.757. The van der Waals surface area contributed by atoms with Gasteiger partial charge in [-0.1, -0.05) is 84.5 Å². The summed E-state index contributed by atoms with van der Waals surface area (Å²) < 4.78 is 0. The fourth-order valence-corrected chi connectivity index (χ4v) is 3.71. The Bertz CT molecular complexity index is 309. The van der Waals surface area contributed by atoms with Crippen molar-refractivity contribution in [1.29, 1.82) is 0 Å². The van der Waals surface area contributed by atoms with E-state index in [4.69, 9.17) is 0 Å². The molecule has 0 aliphatic carbocycles. The zero-order valence-corrected chi connectivity index (χ0v) is 16.2. The number of hydrogen-bond donors (Lipinski definition) is 2. The van der Waals surface area contributed by atoms with Crippen LogP contribution in [0.15, 0.2) is 11.4 Å². The van der Waals surface area contributed by atoms with Crippen molar-refractivity contribution in [3.05, 3.63) is 11.4 Å². The van der Waals surface area contributed by atoms with Crippen LogP contribution in [0.4, 0.5) is 0 Å². The van der Waals surface area contributed by atoms with Crippen molar-refractivity contribution in [3.63, 3.8) is 0 Å². The molecule has 1 heterocycles. The van der Waals surface area contributed by atoms with Gasteiger partial charge in [-0.15, -0.1) is 0 Å². The zero-order valence-electron chi connectivity index (χ0n) is 16.2. The first-order valence-corrected chi connectivity index (χ1v) is 10.5. The monoisotopic (exact) mass is 322 g/mol. The molecule has 1 aliphatic rings. The Kier molecular flexibility index (Phi) is 12.2. The number of unbranched alkanes of at least 4 members (excludes halogenated alkanes) is 9. The van der Waals surface area contributed by atoms with Gasteiger partial charge in [0.05, 0.1) is 0 Å². The van der Waals surface area contributed by atoms with Crippen LogP contribution in [0.25, 0.3) is 0 Å². The summed E-state index contributed by atoms with van der Waals surface area (Å²) in [6.45, 7) is 9.02. The van der Waals surface area contributed by atoms with Crippen LogP contribution in [0, 0.1) is 5.92 Å². The standard InChI is InChI=1S/C21H42N2/c1-4-6-8-9-10-11-12-13-14-16-20(15-7-5-2)21-19(3)22-17-18-23-21/h20,22-23H,4-18H2,1-3H3. The van der Waals surface area contributed by atoms with Crippen LogP contribution in [0.2, 0.25) is 0 Å². The third-order valence-corrected chi connectivity index (χ3v) is 5.21. The molecule has 2 nitrogen and oxygen atoms in total. The van der Waals surface area contributed by atoms with Gasteiger partial charge in [0.1, 0.15) is 0 Å². The predicted molar refractivity (Wildman–Crippen MR) is 104 cm³/mol. The summed E-state index contributed by atoms with van der Waals surface area (Å²) in [6, 6.07) is 0. The highest BCUT2D eigenvalue weighted by atomic mass is 15.0. The van der Waals surface area contributed by atoms with Gasteiger partial charge in [0.25, 0.3) is 0 Å². The van der Waals surface area contributed by atoms with Crippen LogP contribution in [0.1, 0.15) is 104 Å². The number of rotatable bonds is 14. The van der Waals surface area contributed by atoms with Gasteiger partial charge in [0.15, 0.2) is 0 Å². The van der Waals surface area contributed by atoms with Gasteiger partial charge in [-0.25, -0.2) is 0 Å². The van der Waals surface area contributed by atoms with E-state index in [1.54, 1.807) is 0 Å². The number of hydrogen-bond acceptors (Lipinski definition) is 2. The predicted octanol–water partition coefficient (Wildman–Crippen LogP) is 6.14. The largest absolute Gasteiger partial charge is 0.385 e. The van der Waals surface area contributed by atoms with E-state index >= 15 is 0 Å². The highest BCUT2D eigenvalue weighted by Gasteiger charge is 2.18. The summed E-state index contributed by atoms with van der Waals surface area (Å²) in [5, 5.41) is 7.22. The Labute approximate surface area is 145 Å². The first-order chi connectivity index (χ1) is 11.3. The van der Waals surface area contributed by atoms with E-state index in [2.05, 4.69) is 31.4 Å². The van der Waals surface area contributed by atoms with Crippen LogP contribution in [0.5, 0.6) is 0 Å². The lowest BCUT2D eigenvalue weighted by Crippen LogP contribution is -2.37. The lowest BCUT2D eigenvalue weighted by Gasteiger charge is -2.28. The maximum Gasteiger partial charge on any atom is 0.0328 e. The minimum Gasteiger partial charge on any atom is -0.385 e. The molecular formula is C21H42N2. The fraction of sp³-hybridized carbons (Fsp3) is 0.905. The number of nitrogens with one attached hydrogen (secondary N) is 2. The maximum atomic E-state index is 3.68. The summed E-state index contributed by atoms with van der Waals surface area (Å²) in [4.78, 5) is 0. The van der Waals surface area contributed by atoms with Crippen molar-refractivity contribution in [3.8, 4) is 0 Å². The van der Waals surface area contributed by atoms with E-state index in [-0.39, 0.29) is 0 Å². The van der Waals surface area contributed by atoms with E-state index in [1.165, 1.54) is 94.9 Å². The molecule has 0 spiro atoms. The maximum absolute atomic E-state index is 3.68. The topological polar surface area (TPSA) is 24.1 Å². The molecule has 2 N–H and O–H groups in total. The molecule has 0 radical (unpaired) electrons. The Morgan fingerprint density at radius 1 is 0.696 bits per heavy atom. The summed E-state index contributed by atoms with van der Waals surface area (Å²) in [6.07, 6.45) is 18.3. The normalized spacial score (nSPS) is 16.1. The Balaban J connectivity index is 2.19. The summed E-state index contributed by atoms with van der Waals surface area (Å²) >= 11 is 0. The van der Waals surface area contributed by atoms with Crippen LogP contribution in [-0.4, -0.2) is 13.1 Å². The first-order valence-electron chi connectivity index (χ1n) is 10.5. The molecule has 0 saturated carbocycles. The van der Waals surface area contributed by atoms with Crippen LogP contribution in [-0.2, 0) is 0 Å². The van der Waals surface area contributed by atoms with Crippen molar-refractivity contribution >= 4 is 0 Å². The van der Waals surface area contributed by atoms with Gasteiger partial charge in [0, 0.05) is 30.4 Å². The van der Waals surface area contributed by atoms with Crippen molar-refractivity contribution < 1.29 is 0 Å². The molecule has 1 unspecified atom stereocenters. The minimum absolute atomic E-state index is 0.757. The average Bonchev–Trinajstić information content (AvgIpc) is 2.57. The van der Waals surface area contributed by atoms with E-state index in [9.17, 15) is 0 Å². The smallest absolute Gasteiger partial charge is 0.0328 e. The van der Waals surface area contributed by atoms with Gasteiger partial charge in [0.2, 0.25) is 0 Å². The van der Waals surface area contributed by atoms with E-state index < -0.39 is 0 Å². The quantitative estimate of drug-likeness (QED) is 0.375. The summed E-state index contributed by atoms with van der Waals surface area (Å²) in [7, 11) is 0. The Hall–Kier alpha value is -0.660. The van der Waals surface area contributed by atoms with E-state index in [1.807, 2.05) is 0 Å². The van der Waals surface area contributed by atoms with Crippen molar-refractivity contribution in [2.24, 2.45) is 5.92 Å². The van der Waals surface area contributed by atoms with Crippen LogP contribution in [0.3, 0.4) is 0 Å². The molecule has 0 bridgehead atoms. The zero-order chi connectivity index (χ0) is 16.8. The molecule has 0 saturated heterocycles. The number of allylic oxidation sites excluding steroid dienone is 2. The fourth-order valence-electron chi connectivity index (χ4n) is 3.71. The highest BCUT2D eigenvalue weighted by molar-refractivity contribution is 5.15. The molecule has 0 aromatic rings. The van der Waals surface area contributed by atoms with Gasteiger partial charge < -0.3 is 10.6 Å². The molecular weight excluding hydrogens is 280 g/mol. The molecule has 2 heteroatoms. The average molecular weight is 323 g/mol. The first kappa shape index (κ1) is 20.4. The van der Waals surface area contributed by atoms with E-state index in [0.717, 1.165) is 19.0 Å². The third kappa shape index (κ3) is 9.27. The second-order valence-corrected chi connectivity index (χ2v) is 7.35. The molecule has 1 rings (SSSR count). The molecule has 23 heavy (non-hydrogen) atoms. The van der Waals surface area contributed by atoms with Gasteiger partial charge in [-0.3, -0.25) is 0 Å². The third-order valence-electron chi connectivity index (χ3n) is 5.21. The molecule has 1 atom stereocenters. The van der Waals surface area contributed by atoms with Crippen molar-refractivity contribution in [1.82, 2.24) is 10.6 Å². The molecule has 1 aliphatic heterocycles. The molecule has 0 fully saturated rings. The second-order valence-electron chi connectivity index (χ2n) is 7.35. The van der Waals surface area contributed by atoms with Crippen molar-refractivity contribution in [2.75, 3.05) is 13.1 Å². The van der Waals surface area contributed by atoms with Gasteiger partial charge in [-0.05, 0) is 19.8 Å². The summed E-state index contributed by atoms with van der Waals surface area (Å²) in [5.74, 6) is 0.757. The molecule has 0 aromatic carbocycles. The Morgan fingerprint density at radius 2 is 1.22 bits per heavy atom. The molecule has 136 valence electrons. The molecule has 0 aromatic heterocycles. The lowest BCUT2D eigenvalue weighted by molar-refractivity contribution is 0.422. The second kappa shape index (κ2) is 13.7. The van der Waals surface area contributed by atoms with E-state index in [0.29, 0.717) is 0 Å². The SMILES string of the molecule is CCCCCCCCCCCC(CCCC)C1=C(C)NCCN1. The van der Waals surface area contributed by atoms with Crippen LogP contribution < -0.4 is 10.6 Å². The lowest BCUT2D eigenvalue weighted by atomic mass is 9.90. The van der Waals surface area contributed by atoms with Crippen molar-refractivity contribution in [2.45, 2.75) is 104 Å². The Morgan fingerprint density at radius 3 is 1.83 bits per heavy atom.